The van der Waals surface area contributed by atoms with Crippen molar-refractivity contribution in [2.24, 2.45) is 0 Å². The molecular weight excluding hydrogens is 300 g/mol. The summed E-state index contributed by atoms with van der Waals surface area (Å²) < 4.78 is 5.03. The zero-order chi connectivity index (χ0) is 16.8. The van der Waals surface area contributed by atoms with Crippen LogP contribution in [0.5, 0.6) is 11.5 Å². The number of non-ortho nitro benzene ring substituents is 1. The molecule has 2 N–H and O–H groups in total. The molecule has 0 bridgehead atoms. The number of phenols is 1. The molecule has 0 aliphatic heterocycles. The van der Waals surface area contributed by atoms with E-state index in [0.29, 0.717) is 5.75 Å². The molecule has 0 heterocycles. The van der Waals surface area contributed by atoms with Crippen molar-refractivity contribution in [2.75, 3.05) is 12.4 Å². The Labute approximate surface area is 132 Å². The predicted molar refractivity (Wildman–Crippen MR) is 85.4 cm³/mol. The maximum absolute atomic E-state index is 11.8. The molecule has 7 heteroatoms. The normalized spacial score (nSPS) is 10.5. The van der Waals surface area contributed by atoms with Crippen LogP contribution in [0.15, 0.2) is 48.5 Å². The Morgan fingerprint density at radius 1 is 1.26 bits per heavy atom. The van der Waals surface area contributed by atoms with E-state index < -0.39 is 10.8 Å². The first-order chi connectivity index (χ1) is 11.0. The highest BCUT2D eigenvalue weighted by atomic mass is 16.6. The lowest BCUT2D eigenvalue weighted by Gasteiger charge is -2.04. The molecule has 0 saturated carbocycles. The fourth-order valence-electron chi connectivity index (χ4n) is 1.80. The van der Waals surface area contributed by atoms with Crippen molar-refractivity contribution in [3.63, 3.8) is 0 Å². The zero-order valence-corrected chi connectivity index (χ0v) is 12.2. The van der Waals surface area contributed by atoms with E-state index in [1.165, 1.54) is 6.08 Å². The number of benzene rings is 2. The second-order valence-electron chi connectivity index (χ2n) is 4.55. The van der Waals surface area contributed by atoms with Crippen molar-refractivity contribution in [3.05, 3.63) is 64.2 Å². The van der Waals surface area contributed by atoms with Gasteiger partial charge in [0.25, 0.3) is 5.69 Å². The van der Waals surface area contributed by atoms with E-state index in [1.807, 2.05) is 0 Å². The van der Waals surface area contributed by atoms with Gasteiger partial charge >= 0.3 is 0 Å². The lowest BCUT2D eigenvalue weighted by molar-refractivity contribution is -0.384. The van der Waals surface area contributed by atoms with Crippen LogP contribution in [0.3, 0.4) is 0 Å². The van der Waals surface area contributed by atoms with Gasteiger partial charge in [0.1, 0.15) is 11.5 Å². The third-order valence-corrected chi connectivity index (χ3v) is 2.99. The number of methoxy groups -OCH3 is 1. The second kappa shape index (κ2) is 7.08. The Kier molecular flexibility index (Phi) is 4.93. The standard InChI is InChI=1S/C16H14N2O5/c1-23-13-6-2-11(3-7-13)4-9-16(20)17-14-10-12(18(21)22)5-8-15(14)19/h2-10,19H,1H3,(H,17,20)/b9-4+. The Bertz CT molecular complexity index is 754. The fraction of sp³-hybridized carbons (Fsp3) is 0.0625. The lowest BCUT2D eigenvalue weighted by Crippen LogP contribution is -2.08. The van der Waals surface area contributed by atoms with Gasteiger partial charge in [0.05, 0.1) is 17.7 Å². The maximum atomic E-state index is 11.8. The Morgan fingerprint density at radius 3 is 2.57 bits per heavy atom. The topological polar surface area (TPSA) is 102 Å². The van der Waals surface area contributed by atoms with Crippen molar-refractivity contribution >= 4 is 23.4 Å². The minimum Gasteiger partial charge on any atom is -0.506 e. The number of ether oxygens (including phenoxy) is 1. The summed E-state index contributed by atoms with van der Waals surface area (Å²) in [5, 5.41) is 22.7. The molecule has 0 atom stereocenters. The fourth-order valence-corrected chi connectivity index (χ4v) is 1.80. The molecule has 0 fully saturated rings. The monoisotopic (exact) mass is 314 g/mol. The minimum absolute atomic E-state index is 0.0245. The van der Waals surface area contributed by atoms with Gasteiger partial charge in [-0.15, -0.1) is 0 Å². The lowest BCUT2D eigenvalue weighted by atomic mass is 10.2. The number of nitrogens with one attached hydrogen (secondary N) is 1. The molecule has 2 aromatic rings. The highest BCUT2D eigenvalue weighted by Crippen LogP contribution is 2.27. The van der Waals surface area contributed by atoms with Gasteiger partial charge in [-0.2, -0.15) is 0 Å². The molecule has 0 unspecified atom stereocenters. The highest BCUT2D eigenvalue weighted by Gasteiger charge is 2.11. The molecule has 0 aliphatic rings. The van der Waals surface area contributed by atoms with Crippen LogP contribution in [-0.2, 0) is 4.79 Å². The minimum atomic E-state index is -0.609. The quantitative estimate of drug-likeness (QED) is 0.382. The molecule has 2 aromatic carbocycles. The van der Waals surface area contributed by atoms with Gasteiger partial charge in [0.2, 0.25) is 5.91 Å². The van der Waals surface area contributed by atoms with Crippen LogP contribution in [0.4, 0.5) is 11.4 Å². The van der Waals surface area contributed by atoms with Crippen LogP contribution in [0.2, 0.25) is 0 Å². The molecule has 2 rings (SSSR count). The van der Waals surface area contributed by atoms with Gasteiger partial charge in [-0.25, -0.2) is 0 Å². The van der Waals surface area contributed by atoms with Crippen LogP contribution < -0.4 is 10.1 Å². The molecule has 0 saturated heterocycles. The number of hydrogen-bond donors (Lipinski definition) is 2. The van der Waals surface area contributed by atoms with Crippen LogP contribution in [0.1, 0.15) is 5.56 Å². The summed E-state index contributed by atoms with van der Waals surface area (Å²) >= 11 is 0. The second-order valence-corrected chi connectivity index (χ2v) is 4.55. The number of anilines is 1. The van der Waals surface area contributed by atoms with E-state index >= 15 is 0 Å². The van der Waals surface area contributed by atoms with Crippen LogP contribution >= 0.6 is 0 Å². The van der Waals surface area contributed by atoms with Crippen LogP contribution in [0.25, 0.3) is 6.08 Å². The number of hydrogen-bond acceptors (Lipinski definition) is 5. The van der Waals surface area contributed by atoms with Gasteiger partial charge in [-0.05, 0) is 29.8 Å². The van der Waals surface area contributed by atoms with E-state index in [-0.39, 0.29) is 17.1 Å². The van der Waals surface area contributed by atoms with Crippen molar-refractivity contribution < 1.29 is 19.6 Å². The SMILES string of the molecule is COc1ccc(/C=C/C(=O)Nc2cc([N+](=O)[O-])ccc2O)cc1. The number of rotatable bonds is 5. The first-order valence-corrected chi connectivity index (χ1v) is 6.60. The first-order valence-electron chi connectivity index (χ1n) is 6.60. The van der Waals surface area contributed by atoms with Crippen LogP contribution in [0, 0.1) is 10.1 Å². The average molecular weight is 314 g/mol. The zero-order valence-electron chi connectivity index (χ0n) is 12.2. The van der Waals surface area contributed by atoms with Gasteiger partial charge in [-0.1, -0.05) is 12.1 Å². The Hall–Kier alpha value is -3.35. The van der Waals surface area contributed by atoms with Gasteiger partial charge in [0.15, 0.2) is 0 Å². The summed E-state index contributed by atoms with van der Waals surface area (Å²) in [6.45, 7) is 0. The average Bonchev–Trinajstić information content (AvgIpc) is 2.55. The largest absolute Gasteiger partial charge is 0.506 e. The number of phenolic OH excluding ortho intramolecular Hbond substituents is 1. The summed E-state index contributed by atoms with van der Waals surface area (Å²) in [6, 6.07) is 10.4. The third-order valence-electron chi connectivity index (χ3n) is 2.99. The molecule has 0 aromatic heterocycles. The van der Waals surface area contributed by atoms with Crippen molar-refractivity contribution in [1.29, 1.82) is 0 Å². The predicted octanol–water partition coefficient (Wildman–Crippen LogP) is 2.96. The summed E-state index contributed by atoms with van der Waals surface area (Å²) in [6.07, 6.45) is 2.84. The summed E-state index contributed by atoms with van der Waals surface area (Å²) in [7, 11) is 1.56. The van der Waals surface area contributed by atoms with Crippen molar-refractivity contribution in [2.45, 2.75) is 0 Å². The number of amides is 1. The summed E-state index contributed by atoms with van der Waals surface area (Å²) in [4.78, 5) is 21.9. The summed E-state index contributed by atoms with van der Waals surface area (Å²) in [5.41, 5.74) is 0.532. The molecule has 118 valence electrons. The number of nitro groups is 1. The highest BCUT2D eigenvalue weighted by molar-refractivity contribution is 6.02. The van der Waals surface area contributed by atoms with E-state index in [0.717, 1.165) is 23.8 Å². The van der Waals surface area contributed by atoms with E-state index in [4.69, 9.17) is 4.74 Å². The molecule has 1 amide bonds. The third kappa shape index (κ3) is 4.31. The maximum Gasteiger partial charge on any atom is 0.271 e. The Balaban J connectivity index is 2.08. The molecular formula is C16H14N2O5. The van der Waals surface area contributed by atoms with Crippen LogP contribution in [-0.4, -0.2) is 23.0 Å². The van der Waals surface area contributed by atoms with Crippen molar-refractivity contribution in [3.8, 4) is 11.5 Å². The van der Waals surface area contributed by atoms with Crippen molar-refractivity contribution in [1.82, 2.24) is 0 Å². The van der Waals surface area contributed by atoms with Gasteiger partial charge < -0.3 is 15.2 Å². The smallest absolute Gasteiger partial charge is 0.271 e. The Morgan fingerprint density at radius 2 is 1.96 bits per heavy atom. The molecule has 0 spiro atoms. The molecule has 0 radical (unpaired) electrons. The van der Waals surface area contributed by atoms with Gasteiger partial charge in [0, 0.05) is 18.2 Å². The van der Waals surface area contributed by atoms with E-state index in [9.17, 15) is 20.0 Å². The number of nitro benzene ring substituents is 1. The number of carbonyl (C=O) groups excluding carboxylic acids is 1. The number of aromatic hydroxyl groups is 1. The van der Waals surface area contributed by atoms with Gasteiger partial charge in [-0.3, -0.25) is 14.9 Å². The molecule has 7 nitrogen and oxygen atoms in total. The summed E-state index contributed by atoms with van der Waals surface area (Å²) in [5.74, 6) is -0.0634. The first kappa shape index (κ1) is 16.0. The number of nitrogens with zero attached hydrogens (tertiary/aromatic N) is 1. The van der Waals surface area contributed by atoms with E-state index in [1.54, 1.807) is 37.5 Å². The van der Waals surface area contributed by atoms with E-state index in [2.05, 4.69) is 5.32 Å². The molecule has 0 aliphatic carbocycles. The molecule has 23 heavy (non-hydrogen) atoms. The number of carbonyl (C=O) groups is 1.